The molecular weight excluding hydrogens is 1210 g/mol. The number of esters is 4. The lowest BCUT2D eigenvalue weighted by molar-refractivity contribution is -0.161. The molecule has 0 radical (unpaired) electrons. The van der Waals surface area contributed by atoms with Gasteiger partial charge in [-0.2, -0.15) is 0 Å². The third kappa shape index (κ3) is 65.4. The topological polar surface area (TPSA) is 237 Å². The van der Waals surface area contributed by atoms with E-state index >= 15 is 0 Å². The molecular formula is C73H142O17P2. The van der Waals surface area contributed by atoms with Crippen molar-refractivity contribution < 1.29 is 80.2 Å². The van der Waals surface area contributed by atoms with Gasteiger partial charge in [-0.05, 0) is 49.4 Å². The van der Waals surface area contributed by atoms with Crippen LogP contribution in [0.25, 0.3) is 0 Å². The van der Waals surface area contributed by atoms with Crippen molar-refractivity contribution in [2.75, 3.05) is 39.6 Å². The maximum atomic E-state index is 13.1. The maximum absolute atomic E-state index is 13.1. The smallest absolute Gasteiger partial charge is 0.462 e. The van der Waals surface area contributed by atoms with Gasteiger partial charge in [0.05, 0.1) is 26.4 Å². The lowest BCUT2D eigenvalue weighted by Crippen LogP contribution is -2.30. The molecule has 0 heterocycles. The highest BCUT2D eigenvalue weighted by Crippen LogP contribution is 2.45. The summed E-state index contributed by atoms with van der Waals surface area (Å²) in [7, 11) is -9.90. The van der Waals surface area contributed by atoms with Gasteiger partial charge in [-0.1, -0.05) is 312 Å². The van der Waals surface area contributed by atoms with E-state index in [4.69, 9.17) is 37.0 Å². The van der Waals surface area contributed by atoms with Crippen LogP contribution in [0.4, 0.5) is 0 Å². The molecule has 0 aliphatic carbocycles. The Morgan fingerprint density at radius 3 is 0.772 bits per heavy atom. The number of phosphoric ester groups is 2. The molecule has 0 bridgehead atoms. The van der Waals surface area contributed by atoms with Crippen molar-refractivity contribution in [3.63, 3.8) is 0 Å². The van der Waals surface area contributed by atoms with Gasteiger partial charge in [-0.3, -0.25) is 37.3 Å². The molecule has 0 saturated heterocycles. The van der Waals surface area contributed by atoms with E-state index in [1.165, 1.54) is 161 Å². The van der Waals surface area contributed by atoms with Crippen LogP contribution in [0.5, 0.6) is 0 Å². The van der Waals surface area contributed by atoms with Gasteiger partial charge in [0.15, 0.2) is 12.2 Å². The van der Waals surface area contributed by atoms with Gasteiger partial charge in [0.1, 0.15) is 19.3 Å². The number of aliphatic hydroxyl groups is 1. The predicted molar refractivity (Wildman–Crippen MR) is 372 cm³/mol. The van der Waals surface area contributed by atoms with Crippen LogP contribution >= 0.6 is 15.6 Å². The molecule has 92 heavy (non-hydrogen) atoms. The zero-order valence-corrected chi connectivity index (χ0v) is 62.0. The zero-order valence-electron chi connectivity index (χ0n) is 60.2. The van der Waals surface area contributed by atoms with Gasteiger partial charge in [0, 0.05) is 25.7 Å². The first-order chi connectivity index (χ1) is 44.1. The Balaban J connectivity index is 5.20. The van der Waals surface area contributed by atoms with E-state index in [1.807, 2.05) is 0 Å². The van der Waals surface area contributed by atoms with Crippen molar-refractivity contribution in [1.82, 2.24) is 0 Å². The van der Waals surface area contributed by atoms with Crippen LogP contribution in [0.3, 0.4) is 0 Å². The average molecular weight is 1350 g/mol. The number of carbonyl (C=O) groups excluding carboxylic acids is 4. The van der Waals surface area contributed by atoms with Crippen molar-refractivity contribution in [1.29, 1.82) is 0 Å². The van der Waals surface area contributed by atoms with Crippen LogP contribution in [0.1, 0.15) is 364 Å². The first kappa shape index (κ1) is 90.1. The first-order valence-corrected chi connectivity index (χ1v) is 40.7. The molecule has 0 aliphatic heterocycles. The van der Waals surface area contributed by atoms with E-state index in [9.17, 15) is 43.2 Å². The highest BCUT2D eigenvalue weighted by atomic mass is 31.2. The summed E-state index contributed by atoms with van der Waals surface area (Å²) in [6.07, 6.45) is 46.1. The molecule has 0 saturated carbocycles. The second-order valence-electron chi connectivity index (χ2n) is 28.0. The summed E-state index contributed by atoms with van der Waals surface area (Å²) in [5.41, 5.74) is 0. The maximum Gasteiger partial charge on any atom is 0.472 e. The molecule has 0 aromatic carbocycles. The van der Waals surface area contributed by atoms with Gasteiger partial charge in [-0.15, -0.1) is 0 Å². The van der Waals surface area contributed by atoms with Crippen LogP contribution in [0.15, 0.2) is 0 Å². The van der Waals surface area contributed by atoms with E-state index in [1.54, 1.807) is 0 Å². The highest BCUT2D eigenvalue weighted by Gasteiger charge is 2.30. The average Bonchev–Trinajstić information content (AvgIpc) is 3.25. The Bertz CT molecular complexity index is 1820. The molecule has 0 fully saturated rings. The SMILES string of the molecule is CCC(C)CCCCCCCCCCCCC(=O)O[C@H](COC(=O)CCCCCCCCCCCCCCCCCCC(C)C)COP(=O)(O)OC[C@@H](O)COP(=O)(O)OC[C@@H](COC(=O)CCCCCCCCC(C)C)OC(=O)CCCCCCCCCC(C)C. The van der Waals surface area contributed by atoms with Crippen LogP contribution in [0.2, 0.25) is 0 Å². The molecule has 0 spiro atoms. The Morgan fingerprint density at radius 1 is 0.304 bits per heavy atom. The monoisotopic (exact) mass is 1350 g/mol. The highest BCUT2D eigenvalue weighted by molar-refractivity contribution is 7.47. The number of unbranched alkanes of at least 4 members (excludes halogenated alkanes) is 35. The number of phosphoric acid groups is 2. The molecule has 0 aliphatic rings. The van der Waals surface area contributed by atoms with Gasteiger partial charge in [0.25, 0.3) is 0 Å². The standard InChI is InChI=1S/C73H142O17P2/c1-9-66(8)52-44-36-27-21-18-19-23-29-39-47-55-72(77)89-68(59-83-70(75)53-45-37-28-22-17-15-13-11-10-12-14-16-20-25-33-41-49-63(2)3)61-87-91(79,80)85-57-67(74)58-86-92(81,82)88-62-69(60-84-71(76)54-46-38-32-31-35-43-51-65(6)7)90-73(78)56-48-40-30-24-26-34-42-50-64(4)5/h63-69,74H,9-62H2,1-8H3,(H,79,80)(H,81,82)/t66?,67-,68-,69-/m1/s1. The quantitative estimate of drug-likeness (QED) is 0.0222. The zero-order chi connectivity index (χ0) is 68.2. The molecule has 546 valence electrons. The summed E-state index contributed by atoms with van der Waals surface area (Å²) < 4.78 is 68.3. The molecule has 3 N–H and O–H groups in total. The number of carbonyl (C=O) groups is 4. The minimum Gasteiger partial charge on any atom is -0.462 e. The second-order valence-corrected chi connectivity index (χ2v) is 30.9. The normalized spacial score (nSPS) is 14.5. The number of rotatable bonds is 70. The van der Waals surface area contributed by atoms with Crippen molar-refractivity contribution in [3.05, 3.63) is 0 Å². The van der Waals surface area contributed by atoms with Gasteiger partial charge >= 0.3 is 39.5 Å². The van der Waals surface area contributed by atoms with E-state index in [-0.39, 0.29) is 25.7 Å². The van der Waals surface area contributed by atoms with Gasteiger partial charge in [0.2, 0.25) is 0 Å². The van der Waals surface area contributed by atoms with Crippen molar-refractivity contribution in [2.45, 2.75) is 382 Å². The first-order valence-electron chi connectivity index (χ1n) is 37.7. The van der Waals surface area contributed by atoms with Crippen molar-refractivity contribution in [2.24, 2.45) is 23.7 Å². The van der Waals surface area contributed by atoms with E-state index in [0.29, 0.717) is 37.5 Å². The van der Waals surface area contributed by atoms with Crippen molar-refractivity contribution in [3.8, 4) is 0 Å². The Morgan fingerprint density at radius 2 is 0.522 bits per heavy atom. The van der Waals surface area contributed by atoms with Gasteiger partial charge < -0.3 is 33.8 Å². The van der Waals surface area contributed by atoms with Crippen molar-refractivity contribution >= 4 is 39.5 Å². The molecule has 0 rings (SSSR count). The number of ether oxygens (including phenoxy) is 4. The summed E-state index contributed by atoms with van der Waals surface area (Å²) in [4.78, 5) is 72.6. The lowest BCUT2D eigenvalue weighted by atomic mass is 9.99. The molecule has 19 heteroatoms. The molecule has 17 nitrogen and oxygen atoms in total. The molecule has 0 aromatic rings. The van der Waals surface area contributed by atoms with E-state index in [2.05, 4.69) is 55.4 Å². The fraction of sp³-hybridized carbons (Fsp3) is 0.945. The van der Waals surface area contributed by atoms with Gasteiger partial charge in [-0.25, -0.2) is 9.13 Å². The number of hydrogen-bond donors (Lipinski definition) is 3. The summed E-state index contributed by atoms with van der Waals surface area (Å²) in [6.45, 7) is 14.1. The number of aliphatic hydroxyl groups excluding tert-OH is 1. The molecule has 0 aromatic heterocycles. The van der Waals surface area contributed by atoms with E-state index in [0.717, 1.165) is 108 Å². The Kier molecular flexibility index (Phi) is 61.3. The Labute approximate surface area is 562 Å². The molecule has 6 atom stereocenters. The van der Waals surface area contributed by atoms with E-state index < -0.39 is 97.5 Å². The van der Waals surface area contributed by atoms with Crippen LogP contribution < -0.4 is 0 Å². The molecule has 3 unspecified atom stereocenters. The third-order valence-electron chi connectivity index (χ3n) is 17.2. The van der Waals surface area contributed by atoms with Crippen LogP contribution in [-0.4, -0.2) is 96.7 Å². The summed E-state index contributed by atoms with van der Waals surface area (Å²) in [5, 5.41) is 10.6. The van der Waals surface area contributed by atoms with Crippen LogP contribution in [0, 0.1) is 23.7 Å². The second kappa shape index (κ2) is 62.6. The van der Waals surface area contributed by atoms with Crippen LogP contribution in [-0.2, 0) is 65.4 Å². The lowest BCUT2D eigenvalue weighted by Gasteiger charge is -2.21. The summed E-state index contributed by atoms with van der Waals surface area (Å²) in [6, 6.07) is 0. The summed E-state index contributed by atoms with van der Waals surface area (Å²) >= 11 is 0. The number of hydrogen-bond acceptors (Lipinski definition) is 15. The fourth-order valence-electron chi connectivity index (χ4n) is 11.0. The predicted octanol–water partition coefficient (Wildman–Crippen LogP) is 20.9. The minimum atomic E-state index is -4.96. The molecule has 0 amide bonds. The third-order valence-corrected chi connectivity index (χ3v) is 19.1. The minimum absolute atomic E-state index is 0.102. The fourth-order valence-corrected chi connectivity index (χ4v) is 12.6. The summed E-state index contributed by atoms with van der Waals surface area (Å²) in [5.74, 6) is 0.861. The Hall–Kier alpha value is -1.94. The largest absolute Gasteiger partial charge is 0.472 e.